The van der Waals surface area contributed by atoms with Crippen molar-refractivity contribution in [2.75, 3.05) is 0 Å². The van der Waals surface area contributed by atoms with Crippen molar-refractivity contribution in [3.05, 3.63) is 164 Å². The fourth-order valence-corrected chi connectivity index (χ4v) is 6.82. The Kier molecular flexibility index (Phi) is 6.42. The second kappa shape index (κ2) is 11.4. The van der Waals surface area contributed by atoms with Crippen molar-refractivity contribution in [1.82, 2.24) is 15.0 Å². The van der Waals surface area contributed by atoms with Crippen LogP contribution in [0.25, 0.3) is 100 Å². The molecule has 0 saturated heterocycles. The third-order valence-electron chi connectivity index (χ3n) is 9.34. The van der Waals surface area contributed by atoms with E-state index in [2.05, 4.69) is 84.9 Å². The van der Waals surface area contributed by atoms with Crippen LogP contribution in [0.4, 0.5) is 0 Å². The predicted molar refractivity (Wildman–Crippen MR) is 202 cm³/mol. The van der Waals surface area contributed by atoms with E-state index in [0.717, 1.165) is 82.8 Å². The van der Waals surface area contributed by atoms with E-state index >= 15 is 0 Å². The van der Waals surface area contributed by atoms with Crippen LogP contribution in [0.1, 0.15) is 0 Å². The highest BCUT2D eigenvalue weighted by Crippen LogP contribution is 2.37. The highest BCUT2D eigenvalue weighted by Gasteiger charge is 2.15. The molecule has 0 aliphatic carbocycles. The van der Waals surface area contributed by atoms with E-state index in [0.29, 0.717) is 17.5 Å². The van der Waals surface area contributed by atoms with Crippen LogP contribution in [0.5, 0.6) is 0 Å². The summed E-state index contributed by atoms with van der Waals surface area (Å²) in [5, 5.41) is 4.39. The largest absolute Gasteiger partial charge is 0.456 e. The van der Waals surface area contributed by atoms with E-state index in [4.69, 9.17) is 23.8 Å². The molecule has 0 spiro atoms. The molecule has 0 fully saturated rings. The molecule has 0 atom stereocenters. The summed E-state index contributed by atoms with van der Waals surface area (Å²) in [7, 11) is 0. The Hall–Kier alpha value is -6.85. The molecule has 0 amide bonds. The zero-order valence-corrected chi connectivity index (χ0v) is 26.7. The normalized spacial score (nSPS) is 11.6. The molecule has 234 valence electrons. The molecule has 10 aromatic rings. The first-order valence-corrected chi connectivity index (χ1v) is 16.6. The molecule has 7 aromatic carbocycles. The van der Waals surface area contributed by atoms with Crippen LogP contribution in [0, 0.1) is 0 Å². The van der Waals surface area contributed by atoms with Crippen LogP contribution >= 0.6 is 0 Å². The molecule has 3 heterocycles. The molecule has 5 heteroatoms. The highest BCUT2D eigenvalue weighted by molar-refractivity contribution is 6.08. The van der Waals surface area contributed by atoms with Crippen molar-refractivity contribution in [3.8, 4) is 56.4 Å². The average Bonchev–Trinajstić information content (AvgIpc) is 3.75. The summed E-state index contributed by atoms with van der Waals surface area (Å²) in [5.41, 5.74) is 10.6. The monoisotopic (exact) mass is 641 g/mol. The van der Waals surface area contributed by atoms with Crippen LogP contribution in [0.15, 0.2) is 173 Å². The molecule has 0 aliphatic rings. The van der Waals surface area contributed by atoms with Gasteiger partial charge in [0.2, 0.25) is 0 Å². The molecule has 10 rings (SSSR count). The molecule has 0 saturated carbocycles. The lowest BCUT2D eigenvalue weighted by Crippen LogP contribution is -2.00. The van der Waals surface area contributed by atoms with E-state index in [1.807, 2.05) is 78.9 Å². The maximum atomic E-state index is 6.39. The van der Waals surface area contributed by atoms with Gasteiger partial charge in [-0.15, -0.1) is 0 Å². The van der Waals surface area contributed by atoms with Crippen LogP contribution in [0.2, 0.25) is 0 Å². The summed E-state index contributed by atoms with van der Waals surface area (Å²) in [6.07, 6.45) is 0. The van der Waals surface area contributed by atoms with Gasteiger partial charge in [0.15, 0.2) is 17.5 Å². The van der Waals surface area contributed by atoms with E-state index in [-0.39, 0.29) is 0 Å². The fraction of sp³-hybridized carbons (Fsp3) is 0. The molecule has 0 radical (unpaired) electrons. The smallest absolute Gasteiger partial charge is 0.164 e. The Labute approximate surface area is 287 Å². The number of rotatable bonds is 5. The van der Waals surface area contributed by atoms with Gasteiger partial charge in [-0.1, -0.05) is 115 Å². The van der Waals surface area contributed by atoms with E-state index in [9.17, 15) is 0 Å². The SMILES string of the molecule is c1ccc(-c2nc(-c3ccccc3)nc(-c3cccc(-c4ccc5oc6cc(-c7ccc8c(c7)oc7ccccc78)ccc6c5c4)c3)n2)cc1. The number of furan rings is 2. The van der Waals surface area contributed by atoms with Gasteiger partial charge in [-0.3, -0.25) is 0 Å². The summed E-state index contributed by atoms with van der Waals surface area (Å²) in [6.45, 7) is 0. The summed E-state index contributed by atoms with van der Waals surface area (Å²) in [4.78, 5) is 14.7. The summed E-state index contributed by atoms with van der Waals surface area (Å²) >= 11 is 0. The van der Waals surface area contributed by atoms with E-state index in [1.54, 1.807) is 0 Å². The summed E-state index contributed by atoms with van der Waals surface area (Å²) < 4.78 is 12.6. The Morgan fingerprint density at radius 2 is 0.700 bits per heavy atom. The van der Waals surface area contributed by atoms with Crippen molar-refractivity contribution in [3.63, 3.8) is 0 Å². The number of nitrogens with zero attached hydrogens (tertiary/aromatic N) is 3. The van der Waals surface area contributed by atoms with Crippen molar-refractivity contribution in [1.29, 1.82) is 0 Å². The summed E-state index contributed by atoms with van der Waals surface area (Å²) in [5.74, 6) is 1.91. The first-order valence-electron chi connectivity index (χ1n) is 16.6. The molecular weight excluding hydrogens is 615 g/mol. The first-order chi connectivity index (χ1) is 24.7. The number of hydrogen-bond acceptors (Lipinski definition) is 5. The van der Waals surface area contributed by atoms with Gasteiger partial charge in [0.05, 0.1) is 0 Å². The average molecular weight is 642 g/mol. The van der Waals surface area contributed by atoms with Crippen LogP contribution in [-0.2, 0) is 0 Å². The van der Waals surface area contributed by atoms with Gasteiger partial charge in [-0.25, -0.2) is 15.0 Å². The Morgan fingerprint density at radius 1 is 0.260 bits per heavy atom. The van der Waals surface area contributed by atoms with Crippen LogP contribution in [-0.4, -0.2) is 15.0 Å². The topological polar surface area (TPSA) is 65.0 Å². The Morgan fingerprint density at radius 3 is 1.36 bits per heavy atom. The zero-order valence-electron chi connectivity index (χ0n) is 26.7. The Balaban J connectivity index is 1.03. The number of para-hydroxylation sites is 1. The van der Waals surface area contributed by atoms with Gasteiger partial charge >= 0.3 is 0 Å². The molecular formula is C45H27N3O2. The van der Waals surface area contributed by atoms with E-state index in [1.165, 1.54) is 0 Å². The van der Waals surface area contributed by atoms with Gasteiger partial charge in [-0.05, 0) is 70.8 Å². The third-order valence-corrected chi connectivity index (χ3v) is 9.34. The standard InChI is InChI=1S/C45H27N3O2/c1-3-10-28(11-4-1)43-46-44(29-12-5-2-6-13-29)48-45(47-43)34-15-9-14-30(24-34)31-20-23-40-38(25-31)37-22-19-33(27-42(37)50-40)32-18-21-36-35-16-7-8-17-39(35)49-41(36)26-32/h1-27H. The minimum absolute atomic E-state index is 0.628. The van der Waals surface area contributed by atoms with Gasteiger partial charge in [0, 0.05) is 38.2 Å². The van der Waals surface area contributed by atoms with Crippen molar-refractivity contribution >= 4 is 43.9 Å². The lowest BCUT2D eigenvalue weighted by atomic mass is 9.99. The maximum Gasteiger partial charge on any atom is 0.164 e. The maximum absolute atomic E-state index is 6.39. The quantitative estimate of drug-likeness (QED) is 0.187. The number of aromatic nitrogens is 3. The molecule has 5 nitrogen and oxygen atoms in total. The first kappa shape index (κ1) is 28.2. The molecule has 3 aromatic heterocycles. The van der Waals surface area contributed by atoms with Gasteiger partial charge in [0.1, 0.15) is 22.3 Å². The lowest BCUT2D eigenvalue weighted by molar-refractivity contribution is 0.668. The van der Waals surface area contributed by atoms with Crippen LogP contribution < -0.4 is 0 Å². The predicted octanol–water partition coefficient (Wildman–Crippen LogP) is 12.0. The van der Waals surface area contributed by atoms with Gasteiger partial charge < -0.3 is 8.83 Å². The third kappa shape index (κ3) is 4.83. The van der Waals surface area contributed by atoms with Crippen molar-refractivity contribution in [2.45, 2.75) is 0 Å². The molecule has 0 unspecified atom stereocenters. The number of benzene rings is 7. The second-order valence-electron chi connectivity index (χ2n) is 12.5. The zero-order chi connectivity index (χ0) is 33.0. The molecule has 0 aliphatic heterocycles. The van der Waals surface area contributed by atoms with Gasteiger partial charge in [-0.2, -0.15) is 0 Å². The van der Waals surface area contributed by atoms with Crippen LogP contribution in [0.3, 0.4) is 0 Å². The minimum Gasteiger partial charge on any atom is -0.456 e. The van der Waals surface area contributed by atoms with Gasteiger partial charge in [0.25, 0.3) is 0 Å². The number of fused-ring (bicyclic) bond motifs is 6. The van der Waals surface area contributed by atoms with E-state index < -0.39 is 0 Å². The molecule has 0 N–H and O–H groups in total. The minimum atomic E-state index is 0.628. The highest BCUT2D eigenvalue weighted by atomic mass is 16.3. The lowest BCUT2D eigenvalue weighted by Gasteiger charge is -2.09. The Bertz CT molecular complexity index is 2810. The van der Waals surface area contributed by atoms with Crippen molar-refractivity contribution < 1.29 is 8.83 Å². The second-order valence-corrected chi connectivity index (χ2v) is 12.5. The molecule has 0 bridgehead atoms. The molecule has 50 heavy (non-hydrogen) atoms. The fourth-order valence-electron chi connectivity index (χ4n) is 6.82. The summed E-state index contributed by atoms with van der Waals surface area (Å²) in [6, 6.07) is 55.8. The van der Waals surface area contributed by atoms with Crippen molar-refractivity contribution in [2.24, 2.45) is 0 Å². The number of hydrogen-bond donors (Lipinski definition) is 0.